The number of H-pyrrole nitrogens is 1. The van der Waals surface area contributed by atoms with Crippen LogP contribution in [0, 0.1) is 0 Å². The van der Waals surface area contributed by atoms with Gasteiger partial charge in [-0.1, -0.05) is 6.07 Å². The summed E-state index contributed by atoms with van der Waals surface area (Å²) < 4.78 is 23.9. The van der Waals surface area contributed by atoms with Crippen molar-refractivity contribution in [1.82, 2.24) is 19.7 Å². The third-order valence-electron chi connectivity index (χ3n) is 3.08. The summed E-state index contributed by atoms with van der Waals surface area (Å²) in [7, 11) is 0. The SMILES string of the molecule is [2H]C([2H])([2H])C(N)Cc1c[nH]c2ccc(Cn3cncn3)cc12. The van der Waals surface area contributed by atoms with Crippen molar-refractivity contribution in [3.8, 4) is 0 Å². The van der Waals surface area contributed by atoms with E-state index in [1.165, 1.54) is 6.33 Å². The molecule has 1 aromatic carbocycles. The Morgan fingerprint density at radius 3 is 3.26 bits per heavy atom. The minimum absolute atomic E-state index is 0.309. The van der Waals surface area contributed by atoms with Gasteiger partial charge in [0.15, 0.2) is 0 Å². The number of rotatable bonds is 4. The molecule has 0 fully saturated rings. The standard InChI is InChI=1S/C14H17N5/c1-10(15)4-12-6-17-14-3-2-11(5-13(12)14)7-19-9-16-8-18-19/h2-3,5-6,8-10,17H,4,7,15H2,1H3/i1D3. The Morgan fingerprint density at radius 2 is 2.47 bits per heavy atom. The van der Waals surface area contributed by atoms with Crippen molar-refractivity contribution in [3.05, 3.63) is 48.2 Å². The molecule has 0 saturated heterocycles. The molecule has 0 bridgehead atoms. The predicted molar refractivity (Wildman–Crippen MR) is 74.8 cm³/mol. The number of nitrogens with two attached hydrogens (primary N) is 1. The Morgan fingerprint density at radius 1 is 1.53 bits per heavy atom. The Bertz CT molecular complexity index is 760. The first kappa shape index (κ1) is 8.87. The largest absolute Gasteiger partial charge is 0.361 e. The van der Waals surface area contributed by atoms with Gasteiger partial charge in [-0.25, -0.2) is 9.67 Å². The third kappa shape index (κ3) is 2.51. The molecule has 3 aromatic rings. The summed E-state index contributed by atoms with van der Waals surface area (Å²) in [5.41, 5.74) is 8.74. The zero-order valence-electron chi connectivity index (χ0n) is 13.4. The highest BCUT2D eigenvalue weighted by Crippen LogP contribution is 2.21. The van der Waals surface area contributed by atoms with Crippen molar-refractivity contribution in [1.29, 1.82) is 0 Å². The van der Waals surface area contributed by atoms with Crippen molar-refractivity contribution in [2.24, 2.45) is 5.73 Å². The van der Waals surface area contributed by atoms with E-state index in [0.717, 1.165) is 22.0 Å². The summed E-state index contributed by atoms with van der Waals surface area (Å²) in [5, 5.41) is 5.08. The van der Waals surface area contributed by atoms with E-state index in [1.807, 2.05) is 24.4 Å². The zero-order valence-corrected chi connectivity index (χ0v) is 10.4. The van der Waals surface area contributed by atoms with Crippen LogP contribution in [0.2, 0.25) is 0 Å². The second-order valence-electron chi connectivity index (χ2n) is 4.60. The molecular formula is C14H17N5. The monoisotopic (exact) mass is 258 g/mol. The minimum Gasteiger partial charge on any atom is -0.361 e. The highest BCUT2D eigenvalue weighted by Gasteiger charge is 2.07. The quantitative estimate of drug-likeness (QED) is 0.748. The molecular weight excluding hydrogens is 238 g/mol. The number of nitrogens with one attached hydrogen (secondary N) is 1. The molecule has 98 valence electrons. The molecule has 0 saturated carbocycles. The van der Waals surface area contributed by atoms with Crippen LogP contribution >= 0.6 is 0 Å². The van der Waals surface area contributed by atoms with Crippen LogP contribution in [0.3, 0.4) is 0 Å². The summed E-state index contributed by atoms with van der Waals surface area (Å²) in [6.45, 7) is -1.53. The van der Waals surface area contributed by atoms with Gasteiger partial charge < -0.3 is 10.7 Å². The molecule has 0 aliphatic rings. The second-order valence-corrected chi connectivity index (χ2v) is 4.60. The first-order valence-electron chi connectivity index (χ1n) is 7.60. The average molecular weight is 258 g/mol. The molecule has 2 aromatic heterocycles. The normalized spacial score (nSPS) is 15.9. The molecule has 3 N–H and O–H groups in total. The van der Waals surface area contributed by atoms with Crippen LogP contribution in [0.1, 0.15) is 22.1 Å². The fraction of sp³-hybridized carbons (Fsp3) is 0.286. The lowest BCUT2D eigenvalue weighted by Gasteiger charge is -2.05. The molecule has 5 heteroatoms. The van der Waals surface area contributed by atoms with Crippen molar-refractivity contribution in [2.75, 3.05) is 0 Å². The van der Waals surface area contributed by atoms with Crippen LogP contribution in [0.5, 0.6) is 0 Å². The number of aromatic nitrogens is 4. The summed E-state index contributed by atoms with van der Waals surface area (Å²) in [6.07, 6.45) is 5.29. The first-order valence-corrected chi connectivity index (χ1v) is 6.10. The van der Waals surface area contributed by atoms with Crippen LogP contribution in [-0.4, -0.2) is 25.8 Å². The lowest BCUT2D eigenvalue weighted by Crippen LogP contribution is -2.17. The highest BCUT2D eigenvalue weighted by atomic mass is 15.3. The van der Waals surface area contributed by atoms with Crippen LogP contribution in [-0.2, 0) is 13.0 Å². The third-order valence-corrected chi connectivity index (χ3v) is 3.08. The van der Waals surface area contributed by atoms with E-state index in [2.05, 4.69) is 15.1 Å². The van der Waals surface area contributed by atoms with Crippen molar-refractivity contribution in [3.63, 3.8) is 0 Å². The van der Waals surface area contributed by atoms with Crippen LogP contribution < -0.4 is 5.73 Å². The van der Waals surface area contributed by atoms with Crippen molar-refractivity contribution in [2.45, 2.75) is 25.9 Å². The van der Waals surface area contributed by atoms with Crippen LogP contribution in [0.25, 0.3) is 10.9 Å². The van der Waals surface area contributed by atoms with E-state index in [1.54, 1.807) is 11.0 Å². The van der Waals surface area contributed by atoms with E-state index in [9.17, 15) is 0 Å². The summed E-state index contributed by atoms with van der Waals surface area (Å²) in [4.78, 5) is 7.08. The van der Waals surface area contributed by atoms with E-state index >= 15 is 0 Å². The highest BCUT2D eigenvalue weighted by molar-refractivity contribution is 5.84. The number of fused-ring (bicyclic) bond motifs is 1. The van der Waals surface area contributed by atoms with Gasteiger partial charge in [0.2, 0.25) is 0 Å². The molecule has 1 atom stereocenters. The van der Waals surface area contributed by atoms with Gasteiger partial charge >= 0.3 is 0 Å². The summed E-state index contributed by atoms with van der Waals surface area (Å²) in [5.74, 6) is 0. The number of nitrogens with zero attached hydrogens (tertiary/aromatic N) is 3. The van der Waals surface area contributed by atoms with Crippen molar-refractivity contribution >= 4 is 10.9 Å². The van der Waals surface area contributed by atoms with Gasteiger partial charge in [-0.05, 0) is 36.5 Å². The maximum absolute atomic E-state index is 7.40. The van der Waals surface area contributed by atoms with E-state index < -0.39 is 12.9 Å². The van der Waals surface area contributed by atoms with Crippen molar-refractivity contribution < 1.29 is 4.11 Å². The second kappa shape index (κ2) is 4.85. The van der Waals surface area contributed by atoms with Crippen LogP contribution in [0.15, 0.2) is 37.1 Å². The molecule has 3 rings (SSSR count). The summed E-state index contributed by atoms with van der Waals surface area (Å²) >= 11 is 0. The molecule has 0 amide bonds. The van der Waals surface area contributed by atoms with Gasteiger partial charge in [0, 0.05) is 27.3 Å². The molecule has 19 heavy (non-hydrogen) atoms. The Labute approximate surface area is 115 Å². The minimum atomic E-state index is -2.15. The topological polar surface area (TPSA) is 72.5 Å². The molecule has 0 spiro atoms. The van der Waals surface area contributed by atoms with E-state index in [0.29, 0.717) is 13.0 Å². The zero-order chi connectivity index (χ0) is 15.7. The molecule has 1 unspecified atom stereocenters. The molecule has 5 nitrogen and oxygen atoms in total. The van der Waals surface area contributed by atoms with Crippen LogP contribution in [0.4, 0.5) is 0 Å². The lowest BCUT2D eigenvalue weighted by atomic mass is 10.0. The van der Waals surface area contributed by atoms with Gasteiger partial charge in [0.25, 0.3) is 0 Å². The number of hydrogen-bond donors (Lipinski definition) is 2. The molecule has 0 aliphatic heterocycles. The summed E-state index contributed by atoms with van der Waals surface area (Å²) in [6, 6.07) is 5.15. The number of hydrogen-bond acceptors (Lipinski definition) is 3. The fourth-order valence-electron chi connectivity index (χ4n) is 2.23. The fourth-order valence-corrected chi connectivity index (χ4v) is 2.23. The van der Waals surface area contributed by atoms with Gasteiger partial charge in [0.1, 0.15) is 12.7 Å². The maximum atomic E-state index is 7.40. The molecule has 0 radical (unpaired) electrons. The smallest absolute Gasteiger partial charge is 0.137 e. The Balaban J connectivity index is 1.88. The number of aromatic amines is 1. The number of benzene rings is 1. The van der Waals surface area contributed by atoms with E-state index in [4.69, 9.17) is 9.85 Å². The lowest BCUT2D eigenvalue weighted by molar-refractivity contribution is 0.685. The first-order chi connectivity index (χ1) is 10.4. The van der Waals surface area contributed by atoms with Gasteiger partial charge in [0.05, 0.1) is 6.54 Å². The maximum Gasteiger partial charge on any atom is 0.137 e. The average Bonchev–Trinajstić information content (AvgIpc) is 3.08. The van der Waals surface area contributed by atoms with Gasteiger partial charge in [-0.2, -0.15) is 5.10 Å². The molecule has 0 aliphatic carbocycles. The van der Waals surface area contributed by atoms with Gasteiger partial charge in [-0.3, -0.25) is 0 Å². The Kier molecular flexibility index (Phi) is 2.27. The van der Waals surface area contributed by atoms with E-state index in [-0.39, 0.29) is 0 Å². The Hall–Kier alpha value is -2.14. The van der Waals surface area contributed by atoms with Gasteiger partial charge in [-0.15, -0.1) is 0 Å². The molecule has 2 heterocycles. The predicted octanol–water partition coefficient (Wildman–Crippen LogP) is 1.70.